The SMILES string of the molecule is CC(C)(N)C(=O)N1CCCC(CCc2ccc(F)cc2)C1. The average Bonchev–Trinajstić information content (AvgIpc) is 2.45. The molecule has 1 aliphatic heterocycles. The smallest absolute Gasteiger partial charge is 0.242 e. The van der Waals surface area contributed by atoms with Crippen molar-refractivity contribution in [2.45, 2.75) is 45.1 Å². The lowest BCUT2D eigenvalue weighted by Gasteiger charge is -2.36. The lowest BCUT2D eigenvalue weighted by molar-refractivity contribution is -0.137. The molecule has 116 valence electrons. The molecule has 0 spiro atoms. The molecule has 1 atom stereocenters. The van der Waals surface area contributed by atoms with E-state index in [0.29, 0.717) is 5.92 Å². The van der Waals surface area contributed by atoms with Crippen LogP contribution in [0.1, 0.15) is 38.7 Å². The molecule has 0 bridgehead atoms. The van der Waals surface area contributed by atoms with E-state index in [2.05, 4.69) is 0 Å². The van der Waals surface area contributed by atoms with Crippen LogP contribution in [0.5, 0.6) is 0 Å². The summed E-state index contributed by atoms with van der Waals surface area (Å²) in [6.07, 6.45) is 4.14. The fourth-order valence-corrected chi connectivity index (χ4v) is 2.91. The molecule has 3 nitrogen and oxygen atoms in total. The van der Waals surface area contributed by atoms with Crippen LogP contribution >= 0.6 is 0 Å². The molecule has 0 aliphatic carbocycles. The molecule has 1 heterocycles. The van der Waals surface area contributed by atoms with Crippen molar-refractivity contribution in [3.63, 3.8) is 0 Å². The number of likely N-dealkylation sites (tertiary alicyclic amines) is 1. The molecule has 1 aliphatic rings. The van der Waals surface area contributed by atoms with Crippen LogP contribution < -0.4 is 5.73 Å². The van der Waals surface area contributed by atoms with E-state index in [1.54, 1.807) is 13.8 Å². The minimum Gasteiger partial charge on any atom is -0.341 e. The van der Waals surface area contributed by atoms with Gasteiger partial charge in [-0.25, -0.2) is 4.39 Å². The van der Waals surface area contributed by atoms with Gasteiger partial charge in [-0.1, -0.05) is 12.1 Å². The van der Waals surface area contributed by atoms with Crippen molar-refractivity contribution in [2.24, 2.45) is 11.7 Å². The number of amides is 1. The monoisotopic (exact) mass is 292 g/mol. The molecule has 0 radical (unpaired) electrons. The number of nitrogens with two attached hydrogens (primary N) is 1. The van der Waals surface area contributed by atoms with Crippen LogP contribution in [0, 0.1) is 11.7 Å². The highest BCUT2D eigenvalue weighted by Crippen LogP contribution is 2.23. The van der Waals surface area contributed by atoms with Crippen molar-refractivity contribution in [3.05, 3.63) is 35.6 Å². The Morgan fingerprint density at radius 1 is 1.38 bits per heavy atom. The molecule has 1 amide bonds. The van der Waals surface area contributed by atoms with Crippen molar-refractivity contribution in [2.75, 3.05) is 13.1 Å². The normalized spacial score (nSPS) is 19.6. The topological polar surface area (TPSA) is 46.3 Å². The fourth-order valence-electron chi connectivity index (χ4n) is 2.91. The molecule has 1 fully saturated rings. The van der Waals surface area contributed by atoms with Crippen LogP contribution in [0.2, 0.25) is 0 Å². The van der Waals surface area contributed by atoms with Gasteiger partial charge < -0.3 is 10.6 Å². The van der Waals surface area contributed by atoms with Gasteiger partial charge in [0.15, 0.2) is 0 Å². The van der Waals surface area contributed by atoms with Crippen LogP contribution in [-0.4, -0.2) is 29.4 Å². The van der Waals surface area contributed by atoms with Crippen LogP contribution in [0.4, 0.5) is 4.39 Å². The standard InChI is InChI=1S/C17H25FN2O/c1-17(2,19)16(21)20-11-3-4-14(12-20)6-5-13-7-9-15(18)10-8-13/h7-10,14H,3-6,11-12,19H2,1-2H3. The summed E-state index contributed by atoms with van der Waals surface area (Å²) in [5.74, 6) is 0.349. The summed E-state index contributed by atoms with van der Waals surface area (Å²) in [6.45, 7) is 5.13. The van der Waals surface area contributed by atoms with Gasteiger partial charge in [-0.3, -0.25) is 4.79 Å². The zero-order valence-electron chi connectivity index (χ0n) is 12.9. The number of hydrogen-bond acceptors (Lipinski definition) is 2. The number of carbonyl (C=O) groups excluding carboxylic acids is 1. The maximum atomic E-state index is 12.9. The Morgan fingerprint density at radius 2 is 2.05 bits per heavy atom. The third kappa shape index (κ3) is 4.53. The Labute approximate surface area is 126 Å². The highest BCUT2D eigenvalue weighted by molar-refractivity contribution is 5.85. The van der Waals surface area contributed by atoms with Crippen LogP contribution in [0.25, 0.3) is 0 Å². The fraction of sp³-hybridized carbons (Fsp3) is 0.588. The van der Waals surface area contributed by atoms with Gasteiger partial charge in [0.2, 0.25) is 5.91 Å². The second kappa shape index (κ2) is 6.56. The molecule has 0 aromatic heterocycles. The van der Waals surface area contributed by atoms with Crippen LogP contribution in [0.15, 0.2) is 24.3 Å². The average molecular weight is 292 g/mol. The van der Waals surface area contributed by atoms with E-state index in [0.717, 1.165) is 44.3 Å². The summed E-state index contributed by atoms with van der Waals surface area (Å²) >= 11 is 0. The van der Waals surface area contributed by atoms with E-state index < -0.39 is 5.54 Å². The summed E-state index contributed by atoms with van der Waals surface area (Å²) in [5.41, 5.74) is 6.27. The zero-order chi connectivity index (χ0) is 15.5. The van der Waals surface area contributed by atoms with Gasteiger partial charge in [-0.05, 0) is 63.1 Å². The quantitative estimate of drug-likeness (QED) is 0.927. The second-order valence-electron chi connectivity index (χ2n) is 6.65. The third-order valence-corrected chi connectivity index (χ3v) is 4.11. The summed E-state index contributed by atoms with van der Waals surface area (Å²) in [4.78, 5) is 14.1. The van der Waals surface area contributed by atoms with Gasteiger partial charge in [-0.15, -0.1) is 0 Å². The minimum absolute atomic E-state index is 0.0361. The van der Waals surface area contributed by atoms with Crippen LogP contribution in [0.3, 0.4) is 0 Å². The number of hydrogen-bond donors (Lipinski definition) is 1. The van der Waals surface area contributed by atoms with Gasteiger partial charge in [0.1, 0.15) is 5.82 Å². The maximum Gasteiger partial charge on any atom is 0.242 e. The molecule has 2 N–H and O–H groups in total. The molecule has 1 aromatic carbocycles. The summed E-state index contributed by atoms with van der Waals surface area (Å²) in [5, 5.41) is 0. The zero-order valence-corrected chi connectivity index (χ0v) is 12.9. The molecule has 4 heteroatoms. The molecule has 2 rings (SSSR count). The Kier molecular flexibility index (Phi) is 4.99. The Balaban J connectivity index is 1.87. The van der Waals surface area contributed by atoms with Crippen molar-refractivity contribution in [3.8, 4) is 0 Å². The highest BCUT2D eigenvalue weighted by atomic mass is 19.1. The van der Waals surface area contributed by atoms with Gasteiger partial charge in [-0.2, -0.15) is 0 Å². The molecule has 0 saturated carbocycles. The van der Waals surface area contributed by atoms with Crippen molar-refractivity contribution < 1.29 is 9.18 Å². The Morgan fingerprint density at radius 3 is 2.67 bits per heavy atom. The summed E-state index contributed by atoms with van der Waals surface area (Å²) in [7, 11) is 0. The second-order valence-corrected chi connectivity index (χ2v) is 6.65. The van der Waals surface area contributed by atoms with E-state index in [9.17, 15) is 9.18 Å². The first-order chi connectivity index (χ1) is 9.86. The number of rotatable bonds is 4. The van der Waals surface area contributed by atoms with Gasteiger partial charge in [0.05, 0.1) is 5.54 Å². The number of piperidine rings is 1. The number of aryl methyl sites for hydroxylation is 1. The van der Waals surface area contributed by atoms with Gasteiger partial charge in [0, 0.05) is 13.1 Å². The Bertz CT molecular complexity index is 479. The lowest BCUT2D eigenvalue weighted by Crippen LogP contribution is -2.53. The lowest BCUT2D eigenvalue weighted by atomic mass is 9.90. The van der Waals surface area contributed by atoms with E-state index in [4.69, 9.17) is 5.73 Å². The first-order valence-corrected chi connectivity index (χ1v) is 7.69. The van der Waals surface area contributed by atoms with Crippen LogP contribution in [-0.2, 0) is 11.2 Å². The molecule has 1 unspecified atom stereocenters. The molecular formula is C17H25FN2O. The molecule has 1 aromatic rings. The predicted octanol–water partition coefficient (Wildman–Crippen LogP) is 2.73. The predicted molar refractivity (Wildman–Crippen MR) is 82.3 cm³/mol. The largest absolute Gasteiger partial charge is 0.341 e. The molecule has 1 saturated heterocycles. The number of halogens is 1. The minimum atomic E-state index is -0.793. The van der Waals surface area contributed by atoms with E-state index in [1.807, 2.05) is 17.0 Å². The molecule has 21 heavy (non-hydrogen) atoms. The van der Waals surface area contributed by atoms with Crippen molar-refractivity contribution in [1.29, 1.82) is 0 Å². The van der Waals surface area contributed by atoms with Gasteiger partial charge in [0.25, 0.3) is 0 Å². The van der Waals surface area contributed by atoms with E-state index >= 15 is 0 Å². The summed E-state index contributed by atoms with van der Waals surface area (Å²) < 4.78 is 12.9. The number of nitrogens with zero attached hydrogens (tertiary/aromatic N) is 1. The van der Waals surface area contributed by atoms with Crippen molar-refractivity contribution in [1.82, 2.24) is 4.90 Å². The Hall–Kier alpha value is -1.42. The third-order valence-electron chi connectivity index (χ3n) is 4.11. The van der Waals surface area contributed by atoms with Crippen molar-refractivity contribution >= 4 is 5.91 Å². The van der Waals surface area contributed by atoms with E-state index in [1.165, 1.54) is 12.1 Å². The van der Waals surface area contributed by atoms with Gasteiger partial charge >= 0.3 is 0 Å². The first-order valence-electron chi connectivity index (χ1n) is 7.69. The first kappa shape index (κ1) is 16.0. The number of benzene rings is 1. The highest BCUT2D eigenvalue weighted by Gasteiger charge is 2.31. The molecular weight excluding hydrogens is 267 g/mol. The van der Waals surface area contributed by atoms with E-state index in [-0.39, 0.29) is 11.7 Å². The summed E-state index contributed by atoms with van der Waals surface area (Å²) in [6, 6.07) is 6.68. The maximum absolute atomic E-state index is 12.9. The number of carbonyl (C=O) groups is 1.